The van der Waals surface area contributed by atoms with Crippen LogP contribution in [-0.4, -0.2) is 31.1 Å². The fourth-order valence-corrected chi connectivity index (χ4v) is 2.42. The van der Waals surface area contributed by atoms with E-state index in [-0.39, 0.29) is 18.0 Å². The Hall–Kier alpha value is -3.02. The Kier molecular flexibility index (Phi) is 7.02. The quantitative estimate of drug-likeness (QED) is 0.796. The average molecular weight is 355 g/mol. The number of para-hydroxylation sites is 1. The van der Waals surface area contributed by atoms with E-state index in [0.29, 0.717) is 18.8 Å². The van der Waals surface area contributed by atoms with E-state index in [1.165, 1.54) is 6.92 Å². The van der Waals surface area contributed by atoms with Crippen molar-refractivity contribution >= 4 is 23.3 Å². The van der Waals surface area contributed by atoms with Gasteiger partial charge in [-0.2, -0.15) is 0 Å². The SMILES string of the molecule is CC(=O)N(CCNC(=O)Nc1ccccc1)c1ccc(OC(C)C)cc1. The topological polar surface area (TPSA) is 70.7 Å². The highest BCUT2D eigenvalue weighted by molar-refractivity contribution is 5.92. The lowest BCUT2D eigenvalue weighted by Crippen LogP contribution is -2.39. The molecule has 3 amide bonds. The first-order valence-electron chi connectivity index (χ1n) is 8.60. The van der Waals surface area contributed by atoms with E-state index in [0.717, 1.165) is 11.4 Å². The monoisotopic (exact) mass is 355 g/mol. The number of rotatable bonds is 7. The van der Waals surface area contributed by atoms with Crippen molar-refractivity contribution in [3.05, 3.63) is 54.6 Å². The molecule has 2 N–H and O–H groups in total. The Bertz CT molecular complexity index is 715. The van der Waals surface area contributed by atoms with Gasteiger partial charge in [-0.25, -0.2) is 4.79 Å². The van der Waals surface area contributed by atoms with Crippen LogP contribution in [0.2, 0.25) is 0 Å². The molecule has 6 nitrogen and oxygen atoms in total. The number of nitrogens with zero attached hydrogens (tertiary/aromatic N) is 1. The molecule has 0 saturated heterocycles. The van der Waals surface area contributed by atoms with Gasteiger partial charge >= 0.3 is 6.03 Å². The molecular formula is C20H25N3O3. The van der Waals surface area contributed by atoms with E-state index in [1.807, 2.05) is 68.4 Å². The van der Waals surface area contributed by atoms with Crippen molar-refractivity contribution in [1.29, 1.82) is 0 Å². The van der Waals surface area contributed by atoms with Crippen LogP contribution < -0.4 is 20.3 Å². The molecular weight excluding hydrogens is 330 g/mol. The number of urea groups is 1. The third kappa shape index (κ3) is 6.12. The Morgan fingerprint density at radius 1 is 1.04 bits per heavy atom. The summed E-state index contributed by atoms with van der Waals surface area (Å²) < 4.78 is 5.61. The molecule has 2 rings (SSSR count). The van der Waals surface area contributed by atoms with Crippen LogP contribution in [-0.2, 0) is 4.79 Å². The number of ether oxygens (including phenoxy) is 1. The first-order chi connectivity index (χ1) is 12.5. The second-order valence-corrected chi connectivity index (χ2v) is 6.08. The number of amides is 3. The number of hydrogen-bond donors (Lipinski definition) is 2. The summed E-state index contributed by atoms with van der Waals surface area (Å²) in [6, 6.07) is 16.2. The molecule has 0 spiro atoms. The molecule has 0 aliphatic carbocycles. The van der Waals surface area contributed by atoms with Crippen molar-refractivity contribution in [2.75, 3.05) is 23.3 Å². The van der Waals surface area contributed by atoms with E-state index < -0.39 is 0 Å². The summed E-state index contributed by atoms with van der Waals surface area (Å²) in [6.07, 6.45) is 0.0945. The predicted octanol–water partition coefficient (Wildman–Crippen LogP) is 3.65. The average Bonchev–Trinajstić information content (AvgIpc) is 2.60. The molecule has 0 aliphatic rings. The van der Waals surface area contributed by atoms with E-state index in [9.17, 15) is 9.59 Å². The van der Waals surface area contributed by atoms with E-state index in [1.54, 1.807) is 4.90 Å². The lowest BCUT2D eigenvalue weighted by molar-refractivity contribution is -0.116. The Labute approximate surface area is 154 Å². The van der Waals surface area contributed by atoms with Gasteiger partial charge in [0.05, 0.1) is 6.10 Å². The summed E-state index contributed by atoms with van der Waals surface area (Å²) in [5.74, 6) is 0.667. The van der Waals surface area contributed by atoms with Gasteiger partial charge in [-0.05, 0) is 50.2 Å². The van der Waals surface area contributed by atoms with Crippen LogP contribution in [0.5, 0.6) is 5.75 Å². The van der Waals surface area contributed by atoms with Gasteiger partial charge in [0.2, 0.25) is 5.91 Å². The van der Waals surface area contributed by atoms with Gasteiger partial charge in [0.25, 0.3) is 0 Å². The summed E-state index contributed by atoms with van der Waals surface area (Å²) in [6.45, 7) is 6.14. The van der Waals surface area contributed by atoms with E-state index >= 15 is 0 Å². The first-order valence-corrected chi connectivity index (χ1v) is 8.60. The lowest BCUT2D eigenvalue weighted by atomic mass is 10.2. The standard InChI is InChI=1S/C20H25N3O3/c1-15(2)26-19-11-9-18(10-12-19)23(16(3)24)14-13-21-20(25)22-17-7-5-4-6-8-17/h4-12,15H,13-14H2,1-3H3,(H2,21,22,25). The molecule has 138 valence electrons. The minimum atomic E-state index is -0.305. The zero-order chi connectivity index (χ0) is 18.9. The van der Waals surface area contributed by atoms with Crippen LogP contribution in [0.1, 0.15) is 20.8 Å². The molecule has 0 bridgehead atoms. The predicted molar refractivity (Wildman–Crippen MR) is 104 cm³/mol. The molecule has 0 heterocycles. The highest BCUT2D eigenvalue weighted by atomic mass is 16.5. The fraction of sp³-hybridized carbons (Fsp3) is 0.300. The highest BCUT2D eigenvalue weighted by Gasteiger charge is 2.12. The summed E-state index contributed by atoms with van der Waals surface area (Å²) in [5.41, 5.74) is 1.48. The van der Waals surface area contributed by atoms with Crippen LogP contribution in [0.3, 0.4) is 0 Å². The van der Waals surface area contributed by atoms with Crippen molar-refractivity contribution in [3.63, 3.8) is 0 Å². The molecule has 0 saturated carbocycles. The van der Waals surface area contributed by atoms with Crippen LogP contribution in [0.15, 0.2) is 54.6 Å². The molecule has 0 unspecified atom stereocenters. The number of carbonyl (C=O) groups is 2. The van der Waals surface area contributed by atoms with Gasteiger partial charge in [-0.1, -0.05) is 18.2 Å². The number of anilines is 2. The van der Waals surface area contributed by atoms with Crippen molar-refractivity contribution in [2.45, 2.75) is 26.9 Å². The summed E-state index contributed by atoms with van der Waals surface area (Å²) >= 11 is 0. The van der Waals surface area contributed by atoms with Crippen molar-refractivity contribution in [1.82, 2.24) is 5.32 Å². The maximum atomic E-state index is 11.9. The summed E-state index contributed by atoms with van der Waals surface area (Å²) in [7, 11) is 0. The largest absolute Gasteiger partial charge is 0.491 e. The number of carbonyl (C=O) groups excluding carboxylic acids is 2. The number of hydrogen-bond acceptors (Lipinski definition) is 3. The third-order valence-electron chi connectivity index (χ3n) is 3.55. The minimum absolute atomic E-state index is 0.0900. The Morgan fingerprint density at radius 3 is 2.27 bits per heavy atom. The zero-order valence-corrected chi connectivity index (χ0v) is 15.4. The summed E-state index contributed by atoms with van der Waals surface area (Å²) in [5, 5.41) is 5.50. The van der Waals surface area contributed by atoms with Gasteiger partial charge in [0.1, 0.15) is 5.75 Å². The molecule has 0 atom stereocenters. The lowest BCUT2D eigenvalue weighted by Gasteiger charge is -2.22. The van der Waals surface area contributed by atoms with Crippen molar-refractivity contribution in [2.24, 2.45) is 0 Å². The number of nitrogens with one attached hydrogen (secondary N) is 2. The van der Waals surface area contributed by atoms with E-state index in [2.05, 4.69) is 10.6 Å². The maximum absolute atomic E-state index is 11.9. The minimum Gasteiger partial charge on any atom is -0.491 e. The second kappa shape index (κ2) is 9.46. The van der Waals surface area contributed by atoms with E-state index in [4.69, 9.17) is 4.74 Å². The molecule has 0 aromatic heterocycles. The van der Waals surface area contributed by atoms with Crippen molar-refractivity contribution < 1.29 is 14.3 Å². The first kappa shape index (κ1) is 19.3. The van der Waals surface area contributed by atoms with Crippen LogP contribution in [0, 0.1) is 0 Å². The smallest absolute Gasteiger partial charge is 0.319 e. The van der Waals surface area contributed by atoms with Crippen LogP contribution in [0.4, 0.5) is 16.2 Å². The molecule has 6 heteroatoms. The maximum Gasteiger partial charge on any atom is 0.319 e. The Balaban J connectivity index is 1.88. The molecule has 2 aromatic rings. The zero-order valence-electron chi connectivity index (χ0n) is 15.4. The molecule has 2 aromatic carbocycles. The van der Waals surface area contributed by atoms with Gasteiger partial charge in [-0.15, -0.1) is 0 Å². The molecule has 26 heavy (non-hydrogen) atoms. The number of benzene rings is 2. The van der Waals surface area contributed by atoms with Crippen LogP contribution >= 0.6 is 0 Å². The Morgan fingerprint density at radius 2 is 1.69 bits per heavy atom. The van der Waals surface area contributed by atoms with Gasteiger partial charge in [0.15, 0.2) is 0 Å². The third-order valence-corrected chi connectivity index (χ3v) is 3.55. The fourth-order valence-electron chi connectivity index (χ4n) is 2.42. The normalized spacial score (nSPS) is 10.3. The summed E-state index contributed by atoms with van der Waals surface area (Å²) in [4.78, 5) is 25.5. The van der Waals surface area contributed by atoms with Crippen molar-refractivity contribution in [3.8, 4) is 5.75 Å². The second-order valence-electron chi connectivity index (χ2n) is 6.08. The van der Waals surface area contributed by atoms with Crippen LogP contribution in [0.25, 0.3) is 0 Å². The molecule has 0 fully saturated rings. The van der Waals surface area contributed by atoms with Gasteiger partial charge < -0.3 is 20.3 Å². The van der Waals surface area contributed by atoms with Gasteiger partial charge in [-0.3, -0.25) is 4.79 Å². The molecule has 0 aliphatic heterocycles. The van der Waals surface area contributed by atoms with Gasteiger partial charge in [0, 0.05) is 31.4 Å². The molecule has 0 radical (unpaired) electrons. The highest BCUT2D eigenvalue weighted by Crippen LogP contribution is 2.20.